The highest BCUT2D eigenvalue weighted by molar-refractivity contribution is 7.89. The van der Waals surface area contributed by atoms with Crippen molar-refractivity contribution in [3.63, 3.8) is 0 Å². The van der Waals surface area contributed by atoms with Crippen LogP contribution in [-0.2, 0) is 14.8 Å². The Hall–Kier alpha value is -2.00. The molecular weight excluding hydrogens is 286 g/mol. The molecule has 20 heavy (non-hydrogen) atoms. The zero-order chi connectivity index (χ0) is 14.9. The molecule has 0 aliphatic rings. The zero-order valence-electron chi connectivity index (χ0n) is 10.8. The van der Waals surface area contributed by atoms with Gasteiger partial charge in [-0.05, 0) is 28.4 Å². The number of rotatable bonds is 5. The van der Waals surface area contributed by atoms with Crippen molar-refractivity contribution >= 4 is 27.0 Å². The quantitative estimate of drug-likeness (QED) is 0.829. The summed E-state index contributed by atoms with van der Waals surface area (Å²) in [6.07, 6.45) is 0. The van der Waals surface area contributed by atoms with Gasteiger partial charge in [-0.15, -0.1) is 0 Å². The Morgan fingerprint density at radius 2 is 2.05 bits per heavy atom. The number of hydrogen-bond donors (Lipinski definition) is 2. The first-order valence-corrected chi connectivity index (χ1v) is 7.27. The maximum atomic E-state index is 12.3. The van der Waals surface area contributed by atoms with Crippen molar-refractivity contribution in [2.45, 2.75) is 24.8 Å². The number of fused-ring (bicyclic) bond motifs is 1. The van der Waals surface area contributed by atoms with Gasteiger partial charge in [0, 0.05) is 0 Å². The number of aromatic nitrogens is 2. The largest absolute Gasteiger partial charge is 0.480 e. The van der Waals surface area contributed by atoms with Crippen LogP contribution in [0.4, 0.5) is 0 Å². The molecule has 2 rings (SSSR count). The molecule has 0 saturated carbocycles. The average molecular weight is 299 g/mol. The zero-order valence-corrected chi connectivity index (χ0v) is 11.6. The van der Waals surface area contributed by atoms with Crippen LogP contribution in [0.5, 0.6) is 0 Å². The lowest BCUT2D eigenvalue weighted by molar-refractivity contribution is -0.140. The van der Waals surface area contributed by atoms with Crippen molar-refractivity contribution in [3.8, 4) is 0 Å². The molecule has 2 N–H and O–H groups in total. The minimum Gasteiger partial charge on any atom is -0.480 e. The molecule has 0 radical (unpaired) electrons. The maximum Gasteiger partial charge on any atom is 0.322 e. The van der Waals surface area contributed by atoms with Crippen LogP contribution >= 0.6 is 0 Å². The molecule has 0 amide bonds. The third-order valence-corrected chi connectivity index (χ3v) is 4.23. The molecule has 0 unspecified atom stereocenters. The Morgan fingerprint density at radius 3 is 2.65 bits per heavy atom. The number of benzene rings is 1. The van der Waals surface area contributed by atoms with Gasteiger partial charge in [0.2, 0.25) is 10.0 Å². The topological polar surface area (TPSA) is 122 Å². The lowest BCUT2D eigenvalue weighted by Gasteiger charge is -2.17. The summed E-state index contributed by atoms with van der Waals surface area (Å²) in [4.78, 5) is 10.9. The summed E-state index contributed by atoms with van der Waals surface area (Å²) in [5, 5.41) is 16.1. The van der Waals surface area contributed by atoms with Crippen molar-refractivity contribution in [2.75, 3.05) is 0 Å². The van der Waals surface area contributed by atoms with Gasteiger partial charge in [-0.1, -0.05) is 19.9 Å². The molecule has 0 saturated heterocycles. The number of hydrogen-bond acceptors (Lipinski definition) is 6. The molecule has 0 aliphatic heterocycles. The second-order valence-corrected chi connectivity index (χ2v) is 6.25. The number of carboxylic acids is 1. The summed E-state index contributed by atoms with van der Waals surface area (Å²) in [5.41, 5.74) is 0.345. The van der Waals surface area contributed by atoms with E-state index in [2.05, 4.69) is 19.7 Å². The maximum absolute atomic E-state index is 12.3. The molecule has 0 fully saturated rings. The van der Waals surface area contributed by atoms with E-state index in [9.17, 15) is 13.2 Å². The van der Waals surface area contributed by atoms with Crippen LogP contribution in [-0.4, -0.2) is 35.8 Å². The van der Waals surface area contributed by atoms with E-state index in [1.807, 2.05) is 0 Å². The summed E-state index contributed by atoms with van der Waals surface area (Å²) < 4.78 is 31.2. The summed E-state index contributed by atoms with van der Waals surface area (Å²) >= 11 is 0. The molecule has 0 bridgehead atoms. The summed E-state index contributed by atoms with van der Waals surface area (Å²) in [5.74, 6) is -1.65. The highest BCUT2D eigenvalue weighted by atomic mass is 32.2. The molecule has 108 valence electrons. The molecule has 1 aromatic heterocycles. The first-order chi connectivity index (χ1) is 9.33. The molecule has 0 aliphatic carbocycles. The Balaban J connectivity index is 2.45. The molecule has 1 atom stereocenters. The van der Waals surface area contributed by atoms with E-state index in [1.165, 1.54) is 12.1 Å². The van der Waals surface area contributed by atoms with Crippen molar-refractivity contribution in [2.24, 2.45) is 5.92 Å². The molecule has 0 spiro atoms. The second kappa shape index (κ2) is 5.17. The smallest absolute Gasteiger partial charge is 0.322 e. The minimum absolute atomic E-state index is 0.0629. The number of nitrogens with zero attached hydrogens (tertiary/aromatic N) is 2. The van der Waals surface area contributed by atoms with Crippen LogP contribution in [0.1, 0.15) is 13.8 Å². The Bertz CT molecular complexity index is 737. The monoisotopic (exact) mass is 299 g/mol. The molecular formula is C11H13N3O5S. The number of aliphatic carboxylic acids is 1. The fourth-order valence-electron chi connectivity index (χ4n) is 1.70. The molecule has 8 nitrogen and oxygen atoms in total. The van der Waals surface area contributed by atoms with Crippen LogP contribution in [0, 0.1) is 5.92 Å². The van der Waals surface area contributed by atoms with Crippen LogP contribution in [0.25, 0.3) is 11.0 Å². The second-order valence-electron chi connectivity index (χ2n) is 4.57. The number of carboxylic acid groups (broad SMARTS) is 1. The molecule has 2 aromatic rings. The van der Waals surface area contributed by atoms with Gasteiger partial charge < -0.3 is 5.11 Å². The van der Waals surface area contributed by atoms with Gasteiger partial charge >= 0.3 is 5.97 Å². The lowest BCUT2D eigenvalue weighted by atomic mass is 10.1. The van der Waals surface area contributed by atoms with Crippen LogP contribution in [0.3, 0.4) is 0 Å². The first-order valence-electron chi connectivity index (χ1n) is 5.79. The van der Waals surface area contributed by atoms with Gasteiger partial charge in [0.1, 0.15) is 16.5 Å². The summed E-state index contributed by atoms with van der Waals surface area (Å²) in [6.45, 7) is 3.22. The van der Waals surface area contributed by atoms with Crippen LogP contribution in [0.2, 0.25) is 0 Å². The van der Waals surface area contributed by atoms with Crippen molar-refractivity contribution in [1.82, 2.24) is 15.0 Å². The van der Waals surface area contributed by atoms with Crippen molar-refractivity contribution in [1.29, 1.82) is 0 Å². The third kappa shape index (κ3) is 2.63. The van der Waals surface area contributed by atoms with E-state index in [0.29, 0.717) is 0 Å². The van der Waals surface area contributed by atoms with E-state index >= 15 is 0 Å². The summed E-state index contributed by atoms with van der Waals surface area (Å²) in [6, 6.07) is 3.11. The van der Waals surface area contributed by atoms with E-state index in [-0.39, 0.29) is 15.9 Å². The van der Waals surface area contributed by atoms with Crippen LogP contribution in [0.15, 0.2) is 27.7 Å². The molecule has 1 aromatic carbocycles. The van der Waals surface area contributed by atoms with Crippen molar-refractivity contribution < 1.29 is 22.9 Å². The SMILES string of the molecule is CC(C)[C@@H](NS(=O)(=O)c1cccc2nonc12)C(=O)O. The van der Waals surface area contributed by atoms with E-state index < -0.39 is 28.0 Å². The lowest BCUT2D eigenvalue weighted by Crippen LogP contribution is -2.44. The van der Waals surface area contributed by atoms with Gasteiger partial charge in [0.05, 0.1) is 0 Å². The Morgan fingerprint density at radius 1 is 1.35 bits per heavy atom. The van der Waals surface area contributed by atoms with Gasteiger partial charge in [0.15, 0.2) is 5.52 Å². The highest BCUT2D eigenvalue weighted by Gasteiger charge is 2.29. The highest BCUT2D eigenvalue weighted by Crippen LogP contribution is 2.20. The van der Waals surface area contributed by atoms with Crippen molar-refractivity contribution in [3.05, 3.63) is 18.2 Å². The van der Waals surface area contributed by atoms with Gasteiger partial charge in [0.25, 0.3) is 0 Å². The first kappa shape index (κ1) is 14.4. The molecule has 9 heteroatoms. The third-order valence-electron chi connectivity index (χ3n) is 2.75. The number of sulfonamides is 1. The Labute approximate surface area is 114 Å². The molecule has 1 heterocycles. The summed E-state index contributed by atoms with van der Waals surface area (Å²) in [7, 11) is -4.04. The van der Waals surface area contributed by atoms with Gasteiger partial charge in [-0.2, -0.15) is 4.72 Å². The average Bonchev–Trinajstić information content (AvgIpc) is 2.83. The van der Waals surface area contributed by atoms with E-state index in [1.54, 1.807) is 19.9 Å². The van der Waals surface area contributed by atoms with Gasteiger partial charge in [-0.3, -0.25) is 4.79 Å². The normalized spacial score (nSPS) is 13.8. The minimum atomic E-state index is -4.04. The predicted octanol–water partition coefficient (Wildman–Crippen LogP) is 0.610. The standard InChI is InChI=1S/C11H13N3O5S/c1-6(2)9(11(15)16)14-20(17,18)8-5-3-4-7-10(8)13-19-12-7/h3-6,9,14H,1-2H3,(H,15,16)/t9-/m1/s1. The fourth-order valence-corrected chi connectivity index (χ4v) is 3.19. The van der Waals surface area contributed by atoms with E-state index in [4.69, 9.17) is 5.11 Å². The fraction of sp³-hybridized carbons (Fsp3) is 0.364. The van der Waals surface area contributed by atoms with Crippen LogP contribution < -0.4 is 4.72 Å². The predicted molar refractivity (Wildman–Crippen MR) is 68.4 cm³/mol. The number of carbonyl (C=O) groups is 1. The van der Waals surface area contributed by atoms with Gasteiger partial charge in [-0.25, -0.2) is 13.0 Å². The Kier molecular flexibility index (Phi) is 3.73. The number of nitrogens with one attached hydrogen (secondary N) is 1. The van der Waals surface area contributed by atoms with E-state index in [0.717, 1.165) is 0 Å².